The minimum absolute atomic E-state index is 0.544. The molecule has 0 amide bonds. The fraction of sp³-hybridized carbons (Fsp3) is 0.333. The molecule has 0 aliphatic carbocycles. The van der Waals surface area contributed by atoms with Crippen LogP contribution in [0.2, 0.25) is 0 Å². The lowest BCUT2D eigenvalue weighted by Crippen LogP contribution is -2.42. The van der Waals surface area contributed by atoms with Gasteiger partial charge >= 0.3 is 5.97 Å². The number of rotatable bonds is 2. The lowest BCUT2D eigenvalue weighted by Gasteiger charge is -2.20. The summed E-state index contributed by atoms with van der Waals surface area (Å²) in [7, 11) is 0. The van der Waals surface area contributed by atoms with E-state index in [1.807, 2.05) is 0 Å². The highest BCUT2D eigenvalue weighted by atomic mass is 16.4. The predicted molar refractivity (Wildman–Crippen MR) is 48.1 cm³/mol. The van der Waals surface area contributed by atoms with Crippen molar-refractivity contribution in [2.24, 2.45) is 5.73 Å². The Morgan fingerprint density at radius 2 is 2.31 bits per heavy atom. The van der Waals surface area contributed by atoms with Gasteiger partial charge in [-0.25, -0.2) is 4.79 Å². The van der Waals surface area contributed by atoms with Gasteiger partial charge in [-0.3, -0.25) is 4.98 Å². The Morgan fingerprint density at radius 3 is 2.77 bits per heavy atom. The minimum Gasteiger partial charge on any atom is -0.480 e. The zero-order valence-electron chi connectivity index (χ0n) is 7.61. The first-order valence-corrected chi connectivity index (χ1v) is 3.90. The highest BCUT2D eigenvalue weighted by molar-refractivity contribution is 5.80. The standard InChI is InChI=1S/C9H12N2O2/c1-6-7(4-3-5-11-6)9(2,10)8(12)13/h3-5H,10H2,1-2H3,(H,12,13)/t9-/m0/s1. The Kier molecular flexibility index (Phi) is 2.34. The molecule has 3 N–H and O–H groups in total. The number of carbonyl (C=O) groups is 1. The normalized spacial score (nSPS) is 15.0. The molecule has 4 heteroatoms. The number of pyridine rings is 1. The number of hydrogen-bond acceptors (Lipinski definition) is 3. The molecule has 0 saturated carbocycles. The van der Waals surface area contributed by atoms with E-state index in [1.165, 1.54) is 6.92 Å². The van der Waals surface area contributed by atoms with Crippen molar-refractivity contribution in [1.29, 1.82) is 0 Å². The van der Waals surface area contributed by atoms with Crippen molar-refractivity contribution in [2.75, 3.05) is 0 Å². The Hall–Kier alpha value is -1.42. The second-order valence-electron chi connectivity index (χ2n) is 3.14. The number of aliphatic carboxylic acids is 1. The summed E-state index contributed by atoms with van der Waals surface area (Å²) in [6.07, 6.45) is 1.61. The third-order valence-corrected chi connectivity index (χ3v) is 2.01. The third kappa shape index (κ3) is 1.67. The molecular weight excluding hydrogens is 168 g/mol. The van der Waals surface area contributed by atoms with E-state index in [0.717, 1.165) is 0 Å². The number of aromatic nitrogens is 1. The number of carboxylic acid groups (broad SMARTS) is 1. The zero-order valence-corrected chi connectivity index (χ0v) is 7.61. The summed E-state index contributed by atoms with van der Waals surface area (Å²) in [5.74, 6) is -1.05. The molecule has 0 aliphatic rings. The Morgan fingerprint density at radius 1 is 1.69 bits per heavy atom. The summed E-state index contributed by atoms with van der Waals surface area (Å²) in [5, 5.41) is 8.87. The summed E-state index contributed by atoms with van der Waals surface area (Å²) >= 11 is 0. The smallest absolute Gasteiger partial charge is 0.328 e. The van der Waals surface area contributed by atoms with Gasteiger partial charge in [-0.05, 0) is 19.9 Å². The lowest BCUT2D eigenvalue weighted by molar-refractivity contribution is -0.143. The molecule has 0 bridgehead atoms. The van der Waals surface area contributed by atoms with E-state index in [1.54, 1.807) is 25.3 Å². The molecule has 1 rings (SSSR count). The molecule has 1 aromatic heterocycles. The molecular formula is C9H12N2O2. The predicted octanol–water partition coefficient (Wildman–Crippen LogP) is 0.649. The van der Waals surface area contributed by atoms with E-state index in [-0.39, 0.29) is 0 Å². The van der Waals surface area contributed by atoms with Gasteiger partial charge in [-0.2, -0.15) is 0 Å². The second kappa shape index (κ2) is 3.14. The molecule has 0 aromatic carbocycles. The van der Waals surface area contributed by atoms with E-state index in [0.29, 0.717) is 11.3 Å². The van der Waals surface area contributed by atoms with Gasteiger partial charge in [0.2, 0.25) is 0 Å². The van der Waals surface area contributed by atoms with Crippen LogP contribution in [0.3, 0.4) is 0 Å². The Balaban J connectivity index is 3.22. The van der Waals surface area contributed by atoms with Gasteiger partial charge in [0.1, 0.15) is 5.54 Å². The molecule has 4 nitrogen and oxygen atoms in total. The maximum Gasteiger partial charge on any atom is 0.328 e. The van der Waals surface area contributed by atoms with E-state index in [4.69, 9.17) is 10.8 Å². The first-order chi connectivity index (χ1) is 5.96. The van der Waals surface area contributed by atoms with Gasteiger partial charge in [-0.15, -0.1) is 0 Å². The molecule has 1 heterocycles. The van der Waals surface area contributed by atoms with Gasteiger partial charge in [0.25, 0.3) is 0 Å². The van der Waals surface area contributed by atoms with E-state index in [9.17, 15) is 4.79 Å². The number of nitrogens with two attached hydrogens (primary N) is 1. The van der Waals surface area contributed by atoms with Crippen LogP contribution in [0.25, 0.3) is 0 Å². The summed E-state index contributed by atoms with van der Waals surface area (Å²) < 4.78 is 0. The van der Waals surface area contributed by atoms with Gasteiger partial charge in [0, 0.05) is 17.5 Å². The third-order valence-electron chi connectivity index (χ3n) is 2.01. The van der Waals surface area contributed by atoms with Crippen molar-refractivity contribution in [3.63, 3.8) is 0 Å². The average Bonchev–Trinajstić information content (AvgIpc) is 2.04. The van der Waals surface area contributed by atoms with Crippen LogP contribution >= 0.6 is 0 Å². The van der Waals surface area contributed by atoms with Crippen LogP contribution < -0.4 is 5.73 Å². The van der Waals surface area contributed by atoms with Crippen molar-refractivity contribution in [3.05, 3.63) is 29.6 Å². The second-order valence-corrected chi connectivity index (χ2v) is 3.14. The van der Waals surface area contributed by atoms with Crippen LogP contribution in [0.4, 0.5) is 0 Å². The van der Waals surface area contributed by atoms with Gasteiger partial charge in [0.05, 0.1) is 0 Å². The average molecular weight is 180 g/mol. The van der Waals surface area contributed by atoms with Crippen LogP contribution in [0, 0.1) is 6.92 Å². The monoisotopic (exact) mass is 180 g/mol. The number of carboxylic acids is 1. The molecule has 1 atom stereocenters. The number of nitrogens with zero attached hydrogens (tertiary/aromatic N) is 1. The molecule has 13 heavy (non-hydrogen) atoms. The van der Waals surface area contributed by atoms with Crippen LogP contribution in [-0.4, -0.2) is 16.1 Å². The Labute approximate surface area is 76.4 Å². The fourth-order valence-electron chi connectivity index (χ4n) is 1.15. The van der Waals surface area contributed by atoms with Crippen molar-refractivity contribution >= 4 is 5.97 Å². The molecule has 1 aromatic rings. The lowest BCUT2D eigenvalue weighted by atomic mass is 9.92. The highest BCUT2D eigenvalue weighted by Gasteiger charge is 2.31. The molecule has 70 valence electrons. The van der Waals surface area contributed by atoms with Gasteiger partial charge in [0.15, 0.2) is 0 Å². The van der Waals surface area contributed by atoms with Crippen LogP contribution in [0.5, 0.6) is 0 Å². The van der Waals surface area contributed by atoms with Crippen molar-refractivity contribution in [3.8, 4) is 0 Å². The van der Waals surface area contributed by atoms with E-state index < -0.39 is 11.5 Å². The quantitative estimate of drug-likeness (QED) is 0.700. The summed E-state index contributed by atoms with van der Waals surface area (Å²) in [6, 6.07) is 3.35. The largest absolute Gasteiger partial charge is 0.480 e. The minimum atomic E-state index is -1.36. The summed E-state index contributed by atoms with van der Waals surface area (Å²) in [4.78, 5) is 14.8. The van der Waals surface area contributed by atoms with E-state index >= 15 is 0 Å². The maximum atomic E-state index is 10.8. The molecule has 0 fully saturated rings. The maximum absolute atomic E-state index is 10.8. The van der Waals surface area contributed by atoms with Crippen LogP contribution in [-0.2, 0) is 10.3 Å². The van der Waals surface area contributed by atoms with Crippen molar-refractivity contribution < 1.29 is 9.90 Å². The SMILES string of the molecule is Cc1ncccc1[C@](C)(N)C(=O)O. The zero-order chi connectivity index (χ0) is 10.1. The van der Waals surface area contributed by atoms with E-state index in [2.05, 4.69) is 4.98 Å². The molecule has 0 unspecified atom stereocenters. The van der Waals surface area contributed by atoms with Gasteiger partial charge < -0.3 is 10.8 Å². The first kappa shape index (κ1) is 9.67. The summed E-state index contributed by atoms with van der Waals surface area (Å²) in [6.45, 7) is 3.20. The van der Waals surface area contributed by atoms with Gasteiger partial charge in [-0.1, -0.05) is 6.07 Å². The summed E-state index contributed by atoms with van der Waals surface area (Å²) in [5.41, 5.74) is 5.47. The van der Waals surface area contributed by atoms with Crippen LogP contribution in [0.15, 0.2) is 18.3 Å². The number of hydrogen-bond donors (Lipinski definition) is 2. The molecule has 0 aliphatic heterocycles. The fourth-order valence-corrected chi connectivity index (χ4v) is 1.15. The number of aryl methyl sites for hydroxylation is 1. The molecule has 0 radical (unpaired) electrons. The highest BCUT2D eigenvalue weighted by Crippen LogP contribution is 2.19. The van der Waals surface area contributed by atoms with Crippen molar-refractivity contribution in [1.82, 2.24) is 4.98 Å². The first-order valence-electron chi connectivity index (χ1n) is 3.90. The van der Waals surface area contributed by atoms with Crippen molar-refractivity contribution in [2.45, 2.75) is 19.4 Å². The molecule has 0 saturated heterocycles. The topological polar surface area (TPSA) is 76.2 Å². The van der Waals surface area contributed by atoms with Crippen LogP contribution in [0.1, 0.15) is 18.2 Å². The Bertz CT molecular complexity index is 334. The molecule has 0 spiro atoms.